The van der Waals surface area contributed by atoms with E-state index in [1.807, 2.05) is 5.48 Å². The molecule has 0 heterocycles. The molecule has 13 heavy (non-hydrogen) atoms. The van der Waals surface area contributed by atoms with Crippen molar-refractivity contribution in [1.82, 2.24) is 5.48 Å². The van der Waals surface area contributed by atoms with Gasteiger partial charge in [-0.15, -0.1) is 0 Å². The van der Waals surface area contributed by atoms with Crippen molar-refractivity contribution in [2.24, 2.45) is 0 Å². The molecule has 72 valence electrons. The number of halogens is 2. The van der Waals surface area contributed by atoms with Gasteiger partial charge in [0.2, 0.25) is 0 Å². The van der Waals surface area contributed by atoms with Crippen molar-refractivity contribution in [2.75, 3.05) is 7.11 Å². The van der Waals surface area contributed by atoms with E-state index in [1.165, 1.54) is 13.2 Å². The lowest BCUT2D eigenvalue weighted by Gasteiger charge is -2.06. The van der Waals surface area contributed by atoms with E-state index in [2.05, 4.69) is 0 Å². The van der Waals surface area contributed by atoms with Crippen molar-refractivity contribution in [3.63, 3.8) is 0 Å². The number of methoxy groups -OCH3 is 1. The first kappa shape index (κ1) is 10.2. The number of ether oxygens (including phenoxy) is 1. The molecular weight excluding hydrogens is 197 g/mol. The van der Waals surface area contributed by atoms with Gasteiger partial charge in [0.15, 0.2) is 0 Å². The molecule has 0 saturated carbocycles. The summed E-state index contributed by atoms with van der Waals surface area (Å²) < 4.78 is 17.9. The molecule has 1 rings (SSSR count). The van der Waals surface area contributed by atoms with Crippen LogP contribution in [0.15, 0.2) is 12.1 Å². The molecule has 0 unspecified atom stereocenters. The van der Waals surface area contributed by atoms with Crippen LogP contribution in [0.1, 0.15) is 5.56 Å². The summed E-state index contributed by atoms with van der Waals surface area (Å²) in [6.07, 6.45) is 0. The van der Waals surface area contributed by atoms with Gasteiger partial charge in [0.25, 0.3) is 0 Å². The number of hydroxylamine groups is 1. The molecule has 0 aliphatic rings. The number of hydrogen-bond acceptors (Lipinski definition) is 3. The van der Waals surface area contributed by atoms with Gasteiger partial charge < -0.3 is 9.94 Å². The fourth-order valence-corrected chi connectivity index (χ4v) is 1.18. The summed E-state index contributed by atoms with van der Waals surface area (Å²) in [4.78, 5) is 0. The Kier molecular flexibility index (Phi) is 3.48. The van der Waals surface area contributed by atoms with Crippen LogP contribution < -0.4 is 10.2 Å². The Hall–Kier alpha value is -0.840. The summed E-state index contributed by atoms with van der Waals surface area (Å²) in [6, 6.07) is 2.58. The van der Waals surface area contributed by atoms with E-state index in [-0.39, 0.29) is 11.6 Å². The highest BCUT2D eigenvalue weighted by Crippen LogP contribution is 2.27. The predicted molar refractivity (Wildman–Crippen MR) is 46.6 cm³/mol. The molecule has 0 spiro atoms. The van der Waals surface area contributed by atoms with Crippen LogP contribution in [0.2, 0.25) is 5.02 Å². The minimum Gasteiger partial charge on any atom is -0.495 e. The van der Waals surface area contributed by atoms with Crippen molar-refractivity contribution >= 4 is 11.6 Å². The second-order valence-corrected chi connectivity index (χ2v) is 2.82. The van der Waals surface area contributed by atoms with Gasteiger partial charge in [0.05, 0.1) is 12.1 Å². The molecule has 0 aromatic heterocycles. The minimum atomic E-state index is -0.479. The Morgan fingerprint density at radius 2 is 2.31 bits per heavy atom. The largest absolute Gasteiger partial charge is 0.495 e. The Labute approximate surface area is 80.0 Å². The van der Waals surface area contributed by atoms with Crippen LogP contribution in [0.5, 0.6) is 5.75 Å². The van der Waals surface area contributed by atoms with Crippen LogP contribution in [0, 0.1) is 5.82 Å². The first-order valence-electron chi connectivity index (χ1n) is 3.58. The quantitative estimate of drug-likeness (QED) is 0.742. The normalized spacial score (nSPS) is 10.2. The van der Waals surface area contributed by atoms with E-state index in [1.54, 1.807) is 0 Å². The van der Waals surface area contributed by atoms with Gasteiger partial charge in [-0.1, -0.05) is 11.6 Å². The van der Waals surface area contributed by atoms with Gasteiger partial charge in [0.1, 0.15) is 11.6 Å². The SMILES string of the molecule is COc1cc(CNO)c(F)cc1Cl. The summed E-state index contributed by atoms with van der Waals surface area (Å²) in [7, 11) is 1.44. The van der Waals surface area contributed by atoms with Crippen molar-refractivity contribution in [1.29, 1.82) is 0 Å². The number of nitrogens with one attached hydrogen (secondary N) is 1. The van der Waals surface area contributed by atoms with E-state index < -0.39 is 5.82 Å². The predicted octanol–water partition coefficient (Wildman–Crippen LogP) is 1.97. The second-order valence-electron chi connectivity index (χ2n) is 2.41. The van der Waals surface area contributed by atoms with Crippen LogP contribution in [-0.4, -0.2) is 12.3 Å². The summed E-state index contributed by atoms with van der Waals surface area (Å²) in [5, 5.41) is 8.60. The smallest absolute Gasteiger partial charge is 0.137 e. The lowest BCUT2D eigenvalue weighted by atomic mass is 10.2. The molecule has 0 aliphatic heterocycles. The zero-order valence-corrected chi connectivity index (χ0v) is 7.73. The zero-order chi connectivity index (χ0) is 9.84. The first-order valence-corrected chi connectivity index (χ1v) is 3.95. The van der Waals surface area contributed by atoms with Crippen molar-refractivity contribution < 1.29 is 14.3 Å². The Morgan fingerprint density at radius 1 is 1.62 bits per heavy atom. The van der Waals surface area contributed by atoms with E-state index in [9.17, 15) is 4.39 Å². The molecule has 1 aromatic rings. The second kappa shape index (κ2) is 4.41. The summed E-state index contributed by atoms with van der Waals surface area (Å²) in [6.45, 7) is 0.0133. The maximum absolute atomic E-state index is 13.1. The number of hydrogen-bond donors (Lipinski definition) is 2. The van der Waals surface area contributed by atoms with Crippen molar-refractivity contribution in [3.8, 4) is 5.75 Å². The fourth-order valence-electron chi connectivity index (χ4n) is 0.948. The molecule has 0 amide bonds. The van der Waals surface area contributed by atoms with E-state index in [0.29, 0.717) is 11.3 Å². The monoisotopic (exact) mass is 205 g/mol. The Balaban J connectivity index is 3.06. The number of benzene rings is 1. The Morgan fingerprint density at radius 3 is 2.85 bits per heavy atom. The maximum Gasteiger partial charge on any atom is 0.137 e. The van der Waals surface area contributed by atoms with Gasteiger partial charge >= 0.3 is 0 Å². The van der Waals surface area contributed by atoms with E-state index in [4.69, 9.17) is 21.5 Å². The van der Waals surface area contributed by atoms with Crippen LogP contribution in [0.25, 0.3) is 0 Å². The maximum atomic E-state index is 13.1. The molecule has 0 aliphatic carbocycles. The average Bonchev–Trinajstić information content (AvgIpc) is 2.10. The topological polar surface area (TPSA) is 41.5 Å². The highest BCUT2D eigenvalue weighted by atomic mass is 35.5. The van der Waals surface area contributed by atoms with Crippen LogP contribution in [0.3, 0.4) is 0 Å². The standard InChI is InChI=1S/C8H9ClFNO2/c1-13-8-2-5(4-11-12)7(10)3-6(8)9/h2-3,11-12H,4H2,1H3. The van der Waals surface area contributed by atoms with Crippen LogP contribution in [0.4, 0.5) is 4.39 Å². The van der Waals surface area contributed by atoms with Gasteiger partial charge in [0, 0.05) is 12.1 Å². The fraction of sp³-hybridized carbons (Fsp3) is 0.250. The highest BCUT2D eigenvalue weighted by Gasteiger charge is 2.08. The highest BCUT2D eigenvalue weighted by molar-refractivity contribution is 6.32. The molecule has 0 bridgehead atoms. The van der Waals surface area contributed by atoms with E-state index >= 15 is 0 Å². The third-order valence-electron chi connectivity index (χ3n) is 1.59. The number of rotatable bonds is 3. The van der Waals surface area contributed by atoms with Crippen molar-refractivity contribution in [2.45, 2.75) is 6.54 Å². The third-order valence-corrected chi connectivity index (χ3v) is 1.89. The molecule has 5 heteroatoms. The molecule has 0 fully saturated rings. The van der Waals surface area contributed by atoms with Crippen molar-refractivity contribution in [3.05, 3.63) is 28.5 Å². The lowest BCUT2D eigenvalue weighted by molar-refractivity contribution is 0.160. The Bertz CT molecular complexity index is 306. The van der Waals surface area contributed by atoms with Crippen LogP contribution in [-0.2, 0) is 6.54 Å². The minimum absolute atomic E-state index is 0.0133. The van der Waals surface area contributed by atoms with Gasteiger partial charge in [-0.25, -0.2) is 9.87 Å². The molecule has 0 radical (unpaired) electrons. The van der Waals surface area contributed by atoms with Crippen LogP contribution >= 0.6 is 11.6 Å². The summed E-state index contributed by atoms with van der Waals surface area (Å²) in [5.41, 5.74) is 2.15. The summed E-state index contributed by atoms with van der Waals surface area (Å²) >= 11 is 5.65. The molecule has 1 aromatic carbocycles. The molecular formula is C8H9ClFNO2. The average molecular weight is 206 g/mol. The van der Waals surface area contributed by atoms with Gasteiger partial charge in [-0.3, -0.25) is 0 Å². The van der Waals surface area contributed by atoms with Gasteiger partial charge in [-0.2, -0.15) is 0 Å². The molecule has 0 atom stereocenters. The van der Waals surface area contributed by atoms with E-state index in [0.717, 1.165) is 6.07 Å². The zero-order valence-electron chi connectivity index (χ0n) is 6.97. The molecule has 0 saturated heterocycles. The first-order chi connectivity index (χ1) is 6.19. The third kappa shape index (κ3) is 2.30. The lowest BCUT2D eigenvalue weighted by Crippen LogP contribution is -2.08. The molecule has 2 N–H and O–H groups in total. The molecule has 3 nitrogen and oxygen atoms in total. The van der Waals surface area contributed by atoms with Gasteiger partial charge in [-0.05, 0) is 12.1 Å². The summed E-state index contributed by atoms with van der Waals surface area (Å²) in [5.74, 6) is -0.0966.